The molecule has 3 nitrogen and oxygen atoms in total. The first-order valence-corrected chi connectivity index (χ1v) is 8.61. The first-order chi connectivity index (χ1) is 11.1. The Bertz CT molecular complexity index is 401. The molecule has 0 amide bonds. The fourth-order valence-electron chi connectivity index (χ4n) is 2.33. The molecule has 0 aliphatic rings. The minimum Gasteiger partial charge on any atom is -0.479 e. The highest BCUT2D eigenvalue weighted by molar-refractivity contribution is 5.72. The van der Waals surface area contributed by atoms with E-state index >= 15 is 0 Å². The minimum atomic E-state index is -0.927. The molecule has 0 aliphatic heterocycles. The van der Waals surface area contributed by atoms with Crippen LogP contribution in [0.1, 0.15) is 64.7 Å². The summed E-state index contributed by atoms with van der Waals surface area (Å²) in [6, 6.07) is 0. The minimum absolute atomic E-state index is 0.427. The molecule has 0 aliphatic carbocycles. The fourth-order valence-corrected chi connectivity index (χ4v) is 2.33. The van der Waals surface area contributed by atoms with Gasteiger partial charge in [0.1, 0.15) is 0 Å². The summed E-state index contributed by atoms with van der Waals surface area (Å²) in [6.45, 7) is 6.07. The Morgan fingerprint density at radius 1 is 1.22 bits per heavy atom. The van der Waals surface area contributed by atoms with Gasteiger partial charge in [-0.25, -0.2) is 4.79 Å². The zero-order valence-electron chi connectivity index (χ0n) is 14.7. The second-order valence-electron chi connectivity index (χ2n) is 5.93. The van der Waals surface area contributed by atoms with Crippen LogP contribution in [0, 0.1) is 17.8 Å². The van der Waals surface area contributed by atoms with E-state index in [1.54, 1.807) is 0 Å². The summed E-state index contributed by atoms with van der Waals surface area (Å²) in [6.07, 6.45) is 14.7. The predicted octanol–water partition coefficient (Wildman–Crippen LogP) is 4.98. The molecule has 0 aromatic rings. The number of ether oxygens (including phenoxy) is 1. The molecule has 1 unspecified atom stereocenters. The van der Waals surface area contributed by atoms with Crippen molar-refractivity contribution < 1.29 is 14.6 Å². The molecule has 0 bridgehead atoms. The van der Waals surface area contributed by atoms with E-state index in [4.69, 9.17) is 9.84 Å². The normalized spacial score (nSPS) is 13.3. The lowest BCUT2D eigenvalue weighted by molar-refractivity contribution is -0.148. The fraction of sp³-hybridized carbons (Fsp3) is 0.650. The maximum atomic E-state index is 10.7. The summed E-state index contributed by atoms with van der Waals surface area (Å²) in [5.41, 5.74) is 0. The van der Waals surface area contributed by atoms with Gasteiger partial charge in [-0.2, -0.15) is 0 Å². The van der Waals surface area contributed by atoms with E-state index in [0.29, 0.717) is 12.8 Å². The van der Waals surface area contributed by atoms with E-state index < -0.39 is 12.1 Å². The van der Waals surface area contributed by atoms with Gasteiger partial charge in [-0.05, 0) is 44.1 Å². The van der Waals surface area contributed by atoms with Crippen LogP contribution in [0.2, 0.25) is 0 Å². The zero-order valence-corrected chi connectivity index (χ0v) is 14.7. The number of carboxylic acid groups (broad SMARTS) is 1. The van der Waals surface area contributed by atoms with Crippen LogP contribution in [0.5, 0.6) is 0 Å². The Morgan fingerprint density at radius 3 is 2.61 bits per heavy atom. The number of allylic oxidation sites excluding steroid dienone is 3. The molecule has 0 fully saturated rings. The van der Waals surface area contributed by atoms with Crippen molar-refractivity contribution in [3.8, 4) is 11.8 Å². The average Bonchev–Trinajstić information content (AvgIpc) is 2.53. The lowest BCUT2D eigenvalue weighted by atomic mass is 9.97. The van der Waals surface area contributed by atoms with E-state index in [0.717, 1.165) is 18.8 Å². The molecule has 130 valence electrons. The van der Waals surface area contributed by atoms with Gasteiger partial charge in [-0.3, -0.25) is 0 Å². The number of carboxylic acids is 1. The molecule has 2 atom stereocenters. The molecule has 0 saturated heterocycles. The van der Waals surface area contributed by atoms with Gasteiger partial charge in [-0.1, -0.05) is 50.2 Å². The maximum absolute atomic E-state index is 10.7. The van der Waals surface area contributed by atoms with Crippen LogP contribution < -0.4 is 0 Å². The molecular formula is C20H32O3. The summed E-state index contributed by atoms with van der Waals surface area (Å²) < 4.78 is 4.85. The summed E-state index contributed by atoms with van der Waals surface area (Å²) in [7, 11) is 1.41. The van der Waals surface area contributed by atoms with E-state index in [-0.39, 0.29) is 0 Å². The number of rotatable bonds is 13. The van der Waals surface area contributed by atoms with E-state index in [9.17, 15) is 4.79 Å². The van der Waals surface area contributed by atoms with Crippen LogP contribution in [0.25, 0.3) is 0 Å². The van der Waals surface area contributed by atoms with Crippen LogP contribution in [0.3, 0.4) is 0 Å². The van der Waals surface area contributed by atoms with Crippen molar-refractivity contribution >= 4 is 5.97 Å². The highest BCUT2D eigenvalue weighted by Gasteiger charge is 2.14. The highest BCUT2D eigenvalue weighted by Crippen LogP contribution is 2.16. The predicted molar refractivity (Wildman–Crippen MR) is 96.3 cm³/mol. The van der Waals surface area contributed by atoms with Crippen molar-refractivity contribution in [1.29, 1.82) is 0 Å². The van der Waals surface area contributed by atoms with Crippen LogP contribution in [0.15, 0.2) is 24.8 Å². The lowest BCUT2D eigenvalue weighted by Gasteiger charge is -2.09. The monoisotopic (exact) mass is 320 g/mol. The van der Waals surface area contributed by atoms with Crippen LogP contribution in [0.4, 0.5) is 0 Å². The topological polar surface area (TPSA) is 46.5 Å². The third-order valence-electron chi connectivity index (χ3n) is 3.82. The van der Waals surface area contributed by atoms with Crippen molar-refractivity contribution in [3.05, 3.63) is 24.8 Å². The van der Waals surface area contributed by atoms with Crippen molar-refractivity contribution in [3.63, 3.8) is 0 Å². The Morgan fingerprint density at radius 2 is 1.96 bits per heavy atom. The molecule has 0 heterocycles. The van der Waals surface area contributed by atoms with Gasteiger partial charge < -0.3 is 9.84 Å². The van der Waals surface area contributed by atoms with Crippen LogP contribution in [-0.2, 0) is 9.53 Å². The summed E-state index contributed by atoms with van der Waals surface area (Å²) in [5.74, 6) is 5.77. The van der Waals surface area contributed by atoms with Gasteiger partial charge in [0.05, 0.1) is 0 Å². The van der Waals surface area contributed by atoms with E-state index in [2.05, 4.69) is 31.4 Å². The molecule has 0 spiro atoms. The first kappa shape index (κ1) is 21.5. The maximum Gasteiger partial charge on any atom is 0.332 e. The number of unbranched alkanes of at least 4 members (excludes halogenated alkanes) is 3. The molecule has 1 N–H and O–H groups in total. The molecule has 0 aromatic heterocycles. The third kappa shape index (κ3) is 13.8. The lowest BCUT2D eigenvalue weighted by Crippen LogP contribution is -2.21. The van der Waals surface area contributed by atoms with Gasteiger partial charge >= 0.3 is 5.97 Å². The standard InChI is InChI=1S/C20H32O3/c1-4-5-6-12-15-18(2)16-13-10-8-7-9-11-14-17-19(23-3)20(21)22/h4,7-8,18-19H,1,5-6,10,12-17H2,2-3H3,(H,21,22)/t18?,19-/m0/s1. The van der Waals surface area contributed by atoms with Gasteiger partial charge in [0.2, 0.25) is 0 Å². The summed E-state index contributed by atoms with van der Waals surface area (Å²) >= 11 is 0. The molecule has 23 heavy (non-hydrogen) atoms. The smallest absolute Gasteiger partial charge is 0.332 e. The SMILES string of the molecule is C=CCCCCC(C)CCCC=CC#CCC[C@H](OC)C(=O)O. The Balaban J connectivity index is 3.62. The number of methoxy groups -OCH3 is 1. The summed E-state index contributed by atoms with van der Waals surface area (Å²) in [4.78, 5) is 10.7. The number of aliphatic carboxylic acids is 1. The second kappa shape index (κ2) is 15.4. The molecule has 0 rings (SSSR count). The van der Waals surface area contributed by atoms with Crippen LogP contribution >= 0.6 is 0 Å². The number of hydrogen-bond acceptors (Lipinski definition) is 2. The Labute approximate surface area is 141 Å². The van der Waals surface area contributed by atoms with Crippen molar-refractivity contribution in [2.45, 2.75) is 70.8 Å². The van der Waals surface area contributed by atoms with Gasteiger partial charge in [0.25, 0.3) is 0 Å². The Kier molecular flexibility index (Phi) is 14.3. The van der Waals surface area contributed by atoms with Crippen molar-refractivity contribution in [1.82, 2.24) is 0 Å². The number of hydrogen-bond donors (Lipinski definition) is 1. The number of carbonyl (C=O) groups is 1. The quantitative estimate of drug-likeness (QED) is 0.296. The molecule has 0 saturated carbocycles. The Hall–Kier alpha value is -1.53. The molecule has 0 radical (unpaired) electrons. The highest BCUT2D eigenvalue weighted by atomic mass is 16.5. The largest absolute Gasteiger partial charge is 0.479 e. The van der Waals surface area contributed by atoms with Crippen molar-refractivity contribution in [2.75, 3.05) is 7.11 Å². The van der Waals surface area contributed by atoms with Gasteiger partial charge in [-0.15, -0.1) is 6.58 Å². The zero-order chi connectivity index (χ0) is 17.3. The summed E-state index contributed by atoms with van der Waals surface area (Å²) in [5, 5.41) is 8.81. The first-order valence-electron chi connectivity index (χ1n) is 8.61. The van der Waals surface area contributed by atoms with E-state index in [1.807, 2.05) is 12.2 Å². The molecular weight excluding hydrogens is 288 g/mol. The van der Waals surface area contributed by atoms with Gasteiger partial charge in [0.15, 0.2) is 6.10 Å². The average molecular weight is 320 g/mol. The molecule has 3 heteroatoms. The second-order valence-corrected chi connectivity index (χ2v) is 5.93. The molecule has 0 aromatic carbocycles. The van der Waals surface area contributed by atoms with E-state index in [1.165, 1.54) is 39.2 Å². The van der Waals surface area contributed by atoms with Gasteiger partial charge in [0, 0.05) is 13.5 Å². The van der Waals surface area contributed by atoms with Crippen molar-refractivity contribution in [2.24, 2.45) is 5.92 Å². The van der Waals surface area contributed by atoms with Crippen LogP contribution in [-0.4, -0.2) is 24.3 Å². The third-order valence-corrected chi connectivity index (χ3v) is 3.82.